The first-order valence-electron chi connectivity index (χ1n) is 13.6. The van der Waals surface area contributed by atoms with E-state index in [1.54, 1.807) is 19.1 Å². The van der Waals surface area contributed by atoms with Crippen molar-refractivity contribution in [1.29, 1.82) is 0 Å². The normalized spacial score (nSPS) is 11.8. The standard InChI is InChI=1S/C29H49NO3/c1-4-6-7-8-9-10-11-12-13-14-15-16-17-18-19-24-33-29(32)25(3)30-28(31)27-22-20-26(5-2)21-23-27/h20-23,25H,4-19,24H2,1-3H3,(H,30,31)/t25-/m0/s1. The molecule has 0 saturated carbocycles. The number of benzene rings is 1. The summed E-state index contributed by atoms with van der Waals surface area (Å²) in [6.45, 7) is 6.45. The Kier molecular flexibility index (Phi) is 17.4. The van der Waals surface area contributed by atoms with Gasteiger partial charge in [0.15, 0.2) is 0 Å². The van der Waals surface area contributed by atoms with Gasteiger partial charge < -0.3 is 10.1 Å². The second kappa shape index (κ2) is 19.6. The second-order valence-corrected chi connectivity index (χ2v) is 9.36. The molecule has 0 spiro atoms. The number of aryl methyl sites for hydroxylation is 1. The van der Waals surface area contributed by atoms with Crippen LogP contribution in [0.1, 0.15) is 133 Å². The molecule has 0 saturated heterocycles. The highest BCUT2D eigenvalue weighted by Gasteiger charge is 2.17. The highest BCUT2D eigenvalue weighted by atomic mass is 16.5. The van der Waals surface area contributed by atoms with Gasteiger partial charge >= 0.3 is 5.97 Å². The lowest BCUT2D eigenvalue weighted by atomic mass is 10.0. The highest BCUT2D eigenvalue weighted by molar-refractivity contribution is 5.96. The third kappa shape index (κ3) is 14.8. The molecule has 1 aromatic carbocycles. The first-order valence-corrected chi connectivity index (χ1v) is 13.6. The van der Waals surface area contributed by atoms with Crippen LogP contribution in [0.5, 0.6) is 0 Å². The van der Waals surface area contributed by atoms with Crippen LogP contribution in [0.4, 0.5) is 0 Å². The maximum atomic E-state index is 12.3. The maximum absolute atomic E-state index is 12.3. The predicted octanol–water partition coefficient (Wildman–Crippen LogP) is 7.78. The lowest BCUT2D eigenvalue weighted by Gasteiger charge is -2.13. The summed E-state index contributed by atoms with van der Waals surface area (Å²) in [4.78, 5) is 24.4. The van der Waals surface area contributed by atoms with E-state index < -0.39 is 6.04 Å². The van der Waals surface area contributed by atoms with E-state index in [0.29, 0.717) is 12.2 Å². The van der Waals surface area contributed by atoms with Crippen LogP contribution in [0.25, 0.3) is 0 Å². The van der Waals surface area contributed by atoms with E-state index in [4.69, 9.17) is 4.74 Å². The average molecular weight is 460 g/mol. The monoisotopic (exact) mass is 459 g/mol. The molecule has 0 heterocycles. The fourth-order valence-electron chi connectivity index (χ4n) is 4.00. The molecule has 1 atom stereocenters. The zero-order chi connectivity index (χ0) is 24.2. The van der Waals surface area contributed by atoms with E-state index in [9.17, 15) is 9.59 Å². The van der Waals surface area contributed by atoms with Gasteiger partial charge in [0.2, 0.25) is 0 Å². The van der Waals surface area contributed by atoms with Gasteiger partial charge in [-0.05, 0) is 37.5 Å². The Morgan fingerprint density at radius 2 is 1.18 bits per heavy atom. The van der Waals surface area contributed by atoms with E-state index in [2.05, 4.69) is 19.2 Å². The SMILES string of the molecule is CCCCCCCCCCCCCCCCCOC(=O)[C@H](C)NC(=O)c1ccc(CC)cc1. The Morgan fingerprint density at radius 1 is 0.727 bits per heavy atom. The summed E-state index contributed by atoms with van der Waals surface area (Å²) >= 11 is 0. The van der Waals surface area contributed by atoms with Crippen LogP contribution in [0, 0.1) is 0 Å². The Labute approximate surface area is 203 Å². The van der Waals surface area contributed by atoms with Gasteiger partial charge in [-0.15, -0.1) is 0 Å². The van der Waals surface area contributed by atoms with Crippen molar-refractivity contribution in [2.45, 2.75) is 130 Å². The van der Waals surface area contributed by atoms with Crippen molar-refractivity contribution in [3.05, 3.63) is 35.4 Å². The molecule has 0 aliphatic carbocycles. The number of carbonyl (C=O) groups excluding carboxylic acids is 2. The summed E-state index contributed by atoms with van der Waals surface area (Å²) in [7, 11) is 0. The molecule has 0 aromatic heterocycles. The van der Waals surface area contributed by atoms with Crippen molar-refractivity contribution in [2.75, 3.05) is 6.61 Å². The molecule has 1 amide bonds. The van der Waals surface area contributed by atoms with Gasteiger partial charge in [0.25, 0.3) is 5.91 Å². The number of carbonyl (C=O) groups is 2. The highest BCUT2D eigenvalue weighted by Crippen LogP contribution is 2.13. The van der Waals surface area contributed by atoms with Gasteiger partial charge in [-0.1, -0.05) is 116 Å². The summed E-state index contributed by atoms with van der Waals surface area (Å²) in [5.74, 6) is -0.604. The van der Waals surface area contributed by atoms with E-state index in [-0.39, 0.29) is 11.9 Å². The molecule has 0 aliphatic rings. The quantitative estimate of drug-likeness (QED) is 0.160. The molecule has 1 aromatic rings. The number of unbranched alkanes of at least 4 members (excludes halogenated alkanes) is 14. The van der Waals surface area contributed by atoms with Gasteiger partial charge in [0.05, 0.1) is 6.61 Å². The van der Waals surface area contributed by atoms with Crippen LogP contribution < -0.4 is 5.32 Å². The molecule has 0 fully saturated rings. The van der Waals surface area contributed by atoms with Gasteiger partial charge in [-0.3, -0.25) is 4.79 Å². The Hall–Kier alpha value is -1.84. The molecule has 188 valence electrons. The zero-order valence-electron chi connectivity index (χ0n) is 21.6. The summed E-state index contributed by atoms with van der Waals surface area (Å²) < 4.78 is 5.34. The first-order chi connectivity index (χ1) is 16.1. The average Bonchev–Trinajstić information content (AvgIpc) is 2.83. The van der Waals surface area contributed by atoms with Gasteiger partial charge in [0, 0.05) is 5.56 Å². The van der Waals surface area contributed by atoms with E-state index in [1.165, 1.54) is 89.0 Å². The van der Waals surface area contributed by atoms with Crippen molar-refractivity contribution in [2.24, 2.45) is 0 Å². The maximum Gasteiger partial charge on any atom is 0.328 e. The zero-order valence-corrected chi connectivity index (χ0v) is 21.6. The molecule has 0 unspecified atom stereocenters. The minimum absolute atomic E-state index is 0.242. The van der Waals surface area contributed by atoms with Crippen LogP contribution in [0.3, 0.4) is 0 Å². The second-order valence-electron chi connectivity index (χ2n) is 9.36. The molecule has 0 radical (unpaired) electrons. The molecule has 0 aliphatic heterocycles. The van der Waals surface area contributed by atoms with Crippen molar-refractivity contribution in [3.8, 4) is 0 Å². The molecule has 1 rings (SSSR count). The largest absolute Gasteiger partial charge is 0.464 e. The number of ether oxygens (including phenoxy) is 1. The van der Waals surface area contributed by atoms with Crippen LogP contribution in [-0.4, -0.2) is 24.5 Å². The van der Waals surface area contributed by atoms with E-state index in [0.717, 1.165) is 19.3 Å². The van der Waals surface area contributed by atoms with Crippen LogP contribution in [0.2, 0.25) is 0 Å². The van der Waals surface area contributed by atoms with Crippen molar-refractivity contribution >= 4 is 11.9 Å². The van der Waals surface area contributed by atoms with Crippen LogP contribution in [-0.2, 0) is 16.0 Å². The van der Waals surface area contributed by atoms with E-state index in [1.807, 2.05) is 12.1 Å². The molecular weight excluding hydrogens is 410 g/mol. The third-order valence-corrected chi connectivity index (χ3v) is 6.32. The smallest absolute Gasteiger partial charge is 0.328 e. The number of amides is 1. The van der Waals surface area contributed by atoms with Crippen molar-refractivity contribution in [3.63, 3.8) is 0 Å². The fraction of sp³-hybridized carbons (Fsp3) is 0.724. The predicted molar refractivity (Wildman–Crippen MR) is 139 cm³/mol. The molecule has 1 N–H and O–H groups in total. The summed E-state index contributed by atoms with van der Waals surface area (Å²) in [6, 6.07) is 6.83. The summed E-state index contributed by atoms with van der Waals surface area (Å²) in [5.41, 5.74) is 1.75. The Balaban J connectivity index is 1.94. The summed E-state index contributed by atoms with van der Waals surface area (Å²) in [6.07, 6.45) is 20.6. The number of hydrogen-bond acceptors (Lipinski definition) is 3. The molecule has 0 bridgehead atoms. The molecular formula is C29H49NO3. The Bertz CT molecular complexity index is 626. The molecule has 4 heteroatoms. The number of rotatable bonds is 20. The minimum Gasteiger partial charge on any atom is -0.464 e. The Morgan fingerprint density at radius 3 is 1.64 bits per heavy atom. The van der Waals surface area contributed by atoms with Crippen molar-refractivity contribution < 1.29 is 14.3 Å². The lowest BCUT2D eigenvalue weighted by Crippen LogP contribution is -2.39. The molecule has 4 nitrogen and oxygen atoms in total. The van der Waals surface area contributed by atoms with Gasteiger partial charge in [-0.2, -0.15) is 0 Å². The molecule has 33 heavy (non-hydrogen) atoms. The minimum atomic E-state index is -0.639. The van der Waals surface area contributed by atoms with Crippen LogP contribution >= 0.6 is 0 Å². The van der Waals surface area contributed by atoms with Gasteiger partial charge in [0.1, 0.15) is 6.04 Å². The fourth-order valence-corrected chi connectivity index (χ4v) is 4.00. The number of nitrogens with one attached hydrogen (secondary N) is 1. The first kappa shape index (κ1) is 29.2. The van der Waals surface area contributed by atoms with Crippen molar-refractivity contribution in [1.82, 2.24) is 5.32 Å². The number of hydrogen-bond donors (Lipinski definition) is 1. The number of esters is 1. The van der Waals surface area contributed by atoms with Gasteiger partial charge in [-0.25, -0.2) is 4.79 Å². The summed E-state index contributed by atoms with van der Waals surface area (Å²) in [5, 5.41) is 2.72. The van der Waals surface area contributed by atoms with Crippen LogP contribution in [0.15, 0.2) is 24.3 Å². The topological polar surface area (TPSA) is 55.4 Å². The lowest BCUT2D eigenvalue weighted by molar-refractivity contribution is -0.145. The van der Waals surface area contributed by atoms with E-state index >= 15 is 0 Å². The third-order valence-electron chi connectivity index (χ3n) is 6.32.